The Labute approximate surface area is 77.5 Å². The first-order valence-electron chi connectivity index (χ1n) is 4.57. The zero-order chi connectivity index (χ0) is 8.97. The van der Waals surface area contributed by atoms with Gasteiger partial charge in [0.15, 0.2) is 0 Å². The standard InChI is InChI=1S/C10H18NP/c1-3-8-5-6-9(4-2)11-7-10(8)12/h3-4,10-11H,5-7,12H2,1-2H3/b8-3+,9-4+. The zero-order valence-corrected chi connectivity index (χ0v) is 9.09. The second-order valence-electron chi connectivity index (χ2n) is 3.16. The van der Waals surface area contributed by atoms with E-state index in [9.17, 15) is 0 Å². The molecule has 68 valence electrons. The molecule has 0 aromatic rings. The van der Waals surface area contributed by atoms with E-state index in [4.69, 9.17) is 0 Å². The molecule has 2 unspecified atom stereocenters. The maximum atomic E-state index is 3.44. The van der Waals surface area contributed by atoms with Gasteiger partial charge in [-0.2, -0.15) is 0 Å². The molecule has 1 aliphatic rings. The summed E-state index contributed by atoms with van der Waals surface area (Å²) in [6, 6.07) is 0. The molecule has 1 aliphatic heterocycles. The third-order valence-electron chi connectivity index (χ3n) is 2.43. The van der Waals surface area contributed by atoms with Gasteiger partial charge in [0.25, 0.3) is 0 Å². The van der Waals surface area contributed by atoms with Gasteiger partial charge in [0.05, 0.1) is 0 Å². The monoisotopic (exact) mass is 183 g/mol. The molecule has 12 heavy (non-hydrogen) atoms. The minimum absolute atomic E-state index is 0.618. The molecule has 0 radical (unpaired) electrons. The molecule has 0 bridgehead atoms. The molecule has 0 saturated carbocycles. The van der Waals surface area contributed by atoms with E-state index in [2.05, 4.69) is 40.6 Å². The van der Waals surface area contributed by atoms with Crippen LogP contribution >= 0.6 is 9.24 Å². The Kier molecular flexibility index (Phi) is 3.81. The Bertz CT molecular complexity index is 206. The van der Waals surface area contributed by atoms with Crippen LogP contribution in [0.1, 0.15) is 26.7 Å². The summed E-state index contributed by atoms with van der Waals surface area (Å²) in [5.74, 6) is 0. The third-order valence-corrected chi connectivity index (χ3v) is 3.09. The van der Waals surface area contributed by atoms with Crippen LogP contribution in [0.5, 0.6) is 0 Å². The van der Waals surface area contributed by atoms with Crippen molar-refractivity contribution >= 4 is 9.24 Å². The van der Waals surface area contributed by atoms with Gasteiger partial charge in [0.1, 0.15) is 0 Å². The molecule has 1 rings (SSSR count). The molecular weight excluding hydrogens is 165 g/mol. The first-order valence-corrected chi connectivity index (χ1v) is 5.24. The Hall–Kier alpha value is -0.290. The van der Waals surface area contributed by atoms with E-state index in [1.807, 2.05) is 0 Å². The van der Waals surface area contributed by atoms with Gasteiger partial charge in [-0.25, -0.2) is 0 Å². The van der Waals surface area contributed by atoms with Gasteiger partial charge in [-0.3, -0.25) is 0 Å². The van der Waals surface area contributed by atoms with Crippen molar-refractivity contribution in [3.8, 4) is 0 Å². The predicted octanol–water partition coefficient (Wildman–Crippen LogP) is 2.46. The largest absolute Gasteiger partial charge is 0.388 e. The number of rotatable bonds is 0. The number of hydrogen-bond donors (Lipinski definition) is 1. The van der Waals surface area contributed by atoms with Gasteiger partial charge in [-0.05, 0) is 26.7 Å². The van der Waals surface area contributed by atoms with Crippen LogP contribution in [0.15, 0.2) is 23.4 Å². The van der Waals surface area contributed by atoms with Crippen molar-refractivity contribution in [3.05, 3.63) is 23.4 Å². The summed E-state index contributed by atoms with van der Waals surface area (Å²) in [6.07, 6.45) is 6.80. The molecule has 0 aromatic carbocycles. The SMILES string of the molecule is C/C=C1\CC/C(=C\C)C(P)CN1. The lowest BCUT2D eigenvalue weighted by Gasteiger charge is -2.10. The fourth-order valence-corrected chi connectivity index (χ4v) is 2.01. The van der Waals surface area contributed by atoms with Crippen LogP contribution in [-0.2, 0) is 0 Å². The molecule has 1 nitrogen and oxygen atoms in total. The van der Waals surface area contributed by atoms with E-state index < -0.39 is 0 Å². The van der Waals surface area contributed by atoms with Gasteiger partial charge < -0.3 is 5.32 Å². The van der Waals surface area contributed by atoms with Crippen LogP contribution < -0.4 is 5.32 Å². The van der Waals surface area contributed by atoms with Gasteiger partial charge in [0, 0.05) is 17.9 Å². The minimum atomic E-state index is 0.618. The quantitative estimate of drug-likeness (QED) is 0.449. The highest BCUT2D eigenvalue weighted by atomic mass is 31.0. The summed E-state index contributed by atoms with van der Waals surface area (Å²) in [7, 11) is 2.90. The average molecular weight is 183 g/mol. The first-order chi connectivity index (χ1) is 5.77. The predicted molar refractivity (Wildman–Crippen MR) is 58.2 cm³/mol. The second kappa shape index (κ2) is 4.67. The van der Waals surface area contributed by atoms with Crippen LogP contribution in [0, 0.1) is 0 Å². The lowest BCUT2D eigenvalue weighted by Crippen LogP contribution is -2.19. The van der Waals surface area contributed by atoms with Crippen molar-refractivity contribution in [1.82, 2.24) is 5.32 Å². The maximum absolute atomic E-state index is 3.44. The summed E-state index contributed by atoms with van der Waals surface area (Å²) in [4.78, 5) is 0. The maximum Gasteiger partial charge on any atom is 0.0244 e. The van der Waals surface area contributed by atoms with E-state index in [0.717, 1.165) is 6.54 Å². The summed E-state index contributed by atoms with van der Waals surface area (Å²) in [6.45, 7) is 5.29. The van der Waals surface area contributed by atoms with Crippen LogP contribution in [-0.4, -0.2) is 12.2 Å². The van der Waals surface area contributed by atoms with Crippen molar-refractivity contribution in [1.29, 1.82) is 0 Å². The minimum Gasteiger partial charge on any atom is -0.388 e. The fraction of sp³-hybridized carbons (Fsp3) is 0.600. The first kappa shape index (κ1) is 9.80. The number of nitrogens with one attached hydrogen (secondary N) is 1. The number of allylic oxidation sites excluding steroid dienone is 3. The van der Waals surface area contributed by atoms with Crippen molar-refractivity contribution in [2.45, 2.75) is 32.3 Å². The molecule has 0 aliphatic carbocycles. The highest BCUT2D eigenvalue weighted by molar-refractivity contribution is 7.18. The van der Waals surface area contributed by atoms with Crippen LogP contribution in [0.4, 0.5) is 0 Å². The summed E-state index contributed by atoms with van der Waals surface area (Å²) < 4.78 is 0. The second-order valence-corrected chi connectivity index (χ2v) is 3.97. The van der Waals surface area contributed by atoms with Gasteiger partial charge in [-0.1, -0.05) is 17.7 Å². The molecular formula is C10H18NP. The zero-order valence-electron chi connectivity index (χ0n) is 7.93. The van der Waals surface area contributed by atoms with E-state index in [1.54, 1.807) is 5.57 Å². The molecule has 1 N–H and O–H groups in total. The van der Waals surface area contributed by atoms with Gasteiger partial charge >= 0.3 is 0 Å². The molecule has 1 fully saturated rings. The van der Waals surface area contributed by atoms with Gasteiger partial charge in [-0.15, -0.1) is 9.24 Å². The molecule has 1 saturated heterocycles. The highest BCUT2D eigenvalue weighted by Gasteiger charge is 2.13. The Morgan fingerprint density at radius 2 is 2.08 bits per heavy atom. The lowest BCUT2D eigenvalue weighted by atomic mass is 10.1. The average Bonchev–Trinajstić information content (AvgIpc) is 2.27. The van der Waals surface area contributed by atoms with Crippen LogP contribution in [0.3, 0.4) is 0 Å². The topological polar surface area (TPSA) is 12.0 Å². The van der Waals surface area contributed by atoms with Gasteiger partial charge in [0.2, 0.25) is 0 Å². The summed E-state index contributed by atoms with van der Waals surface area (Å²) >= 11 is 0. The molecule has 0 aromatic heterocycles. The van der Waals surface area contributed by atoms with E-state index in [0.29, 0.717) is 5.66 Å². The molecule has 2 atom stereocenters. The Morgan fingerprint density at radius 3 is 2.67 bits per heavy atom. The Balaban J connectivity index is 2.65. The van der Waals surface area contributed by atoms with Crippen LogP contribution in [0.25, 0.3) is 0 Å². The molecule has 0 amide bonds. The van der Waals surface area contributed by atoms with Crippen molar-refractivity contribution in [2.75, 3.05) is 6.54 Å². The van der Waals surface area contributed by atoms with Crippen molar-refractivity contribution in [2.24, 2.45) is 0 Å². The molecule has 0 spiro atoms. The smallest absolute Gasteiger partial charge is 0.0244 e. The Morgan fingerprint density at radius 1 is 1.33 bits per heavy atom. The fourth-order valence-electron chi connectivity index (χ4n) is 1.53. The molecule has 2 heteroatoms. The molecule has 1 heterocycles. The normalized spacial score (nSPS) is 31.8. The summed E-state index contributed by atoms with van der Waals surface area (Å²) in [5.41, 5.74) is 3.57. The van der Waals surface area contributed by atoms with E-state index in [1.165, 1.54) is 18.5 Å². The van der Waals surface area contributed by atoms with E-state index in [-0.39, 0.29) is 0 Å². The lowest BCUT2D eigenvalue weighted by molar-refractivity contribution is 0.805. The number of hydrogen-bond acceptors (Lipinski definition) is 1. The van der Waals surface area contributed by atoms with Crippen molar-refractivity contribution < 1.29 is 0 Å². The highest BCUT2D eigenvalue weighted by Crippen LogP contribution is 2.22. The summed E-state index contributed by atoms with van der Waals surface area (Å²) in [5, 5.41) is 3.44. The third kappa shape index (κ3) is 2.35. The van der Waals surface area contributed by atoms with Crippen molar-refractivity contribution in [3.63, 3.8) is 0 Å². The van der Waals surface area contributed by atoms with Crippen LogP contribution in [0.2, 0.25) is 0 Å². The van der Waals surface area contributed by atoms with E-state index >= 15 is 0 Å².